The van der Waals surface area contributed by atoms with Crippen molar-refractivity contribution in [2.45, 2.75) is 17.9 Å². The van der Waals surface area contributed by atoms with Crippen molar-refractivity contribution in [3.05, 3.63) is 22.7 Å². The Labute approximate surface area is 125 Å². The maximum absolute atomic E-state index is 12.1. The lowest BCUT2D eigenvalue weighted by Crippen LogP contribution is -2.45. The quantitative estimate of drug-likeness (QED) is 0.675. The zero-order valence-electron chi connectivity index (χ0n) is 10.8. The maximum Gasteiger partial charge on any atom is 0.233 e. The monoisotopic (exact) mass is 344 g/mol. The van der Waals surface area contributed by atoms with Gasteiger partial charge in [-0.25, -0.2) is 0 Å². The van der Waals surface area contributed by atoms with Crippen molar-refractivity contribution in [3.8, 4) is 0 Å². The minimum absolute atomic E-state index is 0.125. The number of hydrogen-bond donors (Lipinski definition) is 1. The topological polar surface area (TPSA) is 55.6 Å². The summed E-state index contributed by atoms with van der Waals surface area (Å²) in [5.41, 5.74) is 6.61. The summed E-state index contributed by atoms with van der Waals surface area (Å²) < 4.78 is 6.37. The largest absolute Gasteiger partial charge is 0.398 e. The van der Waals surface area contributed by atoms with E-state index in [0.717, 1.165) is 9.37 Å². The molecule has 1 aliphatic heterocycles. The molecular formula is C13H17BrN2O2S. The number of nitrogens with two attached hydrogens (primary N) is 1. The number of carbonyl (C=O) groups excluding carboxylic acids is 1. The third-order valence-electron chi connectivity index (χ3n) is 2.92. The molecule has 19 heavy (non-hydrogen) atoms. The lowest BCUT2D eigenvalue weighted by atomic mass is 10.3. The van der Waals surface area contributed by atoms with Gasteiger partial charge in [0, 0.05) is 28.1 Å². The van der Waals surface area contributed by atoms with Gasteiger partial charge >= 0.3 is 0 Å². The highest BCUT2D eigenvalue weighted by Gasteiger charge is 2.21. The molecule has 1 atom stereocenters. The number of rotatable bonds is 3. The van der Waals surface area contributed by atoms with Crippen LogP contribution in [0.4, 0.5) is 5.69 Å². The second-order valence-electron chi connectivity index (χ2n) is 4.49. The van der Waals surface area contributed by atoms with Crippen LogP contribution >= 0.6 is 27.7 Å². The average molecular weight is 345 g/mol. The fourth-order valence-electron chi connectivity index (χ4n) is 1.93. The first-order chi connectivity index (χ1) is 9.06. The Morgan fingerprint density at radius 1 is 1.63 bits per heavy atom. The number of thioether (sulfide) groups is 1. The van der Waals surface area contributed by atoms with Crippen molar-refractivity contribution in [1.82, 2.24) is 4.90 Å². The normalized spacial score (nSPS) is 19.5. The molecule has 1 aromatic carbocycles. The molecule has 0 spiro atoms. The third kappa shape index (κ3) is 4.12. The van der Waals surface area contributed by atoms with Crippen LogP contribution < -0.4 is 5.73 Å². The molecule has 1 heterocycles. The average Bonchev–Trinajstić information content (AvgIpc) is 2.37. The van der Waals surface area contributed by atoms with E-state index in [-0.39, 0.29) is 12.0 Å². The van der Waals surface area contributed by atoms with Gasteiger partial charge in [-0.2, -0.15) is 0 Å². The molecule has 0 saturated carbocycles. The van der Waals surface area contributed by atoms with Crippen LogP contribution in [0.1, 0.15) is 6.92 Å². The number of anilines is 1. The van der Waals surface area contributed by atoms with Crippen LogP contribution in [0.25, 0.3) is 0 Å². The summed E-state index contributed by atoms with van der Waals surface area (Å²) in [5.74, 6) is 0.556. The molecule has 1 aromatic rings. The maximum atomic E-state index is 12.1. The highest BCUT2D eigenvalue weighted by molar-refractivity contribution is 9.10. The fourth-order valence-corrected chi connectivity index (χ4v) is 3.16. The van der Waals surface area contributed by atoms with Crippen LogP contribution in [-0.2, 0) is 9.53 Å². The van der Waals surface area contributed by atoms with E-state index >= 15 is 0 Å². The Bertz CT molecular complexity index is 470. The van der Waals surface area contributed by atoms with Gasteiger partial charge in [0.05, 0.1) is 18.5 Å². The lowest BCUT2D eigenvalue weighted by molar-refractivity contribution is -0.135. The van der Waals surface area contributed by atoms with Gasteiger partial charge in [-0.1, -0.05) is 15.9 Å². The zero-order valence-corrected chi connectivity index (χ0v) is 13.2. The van der Waals surface area contributed by atoms with E-state index in [2.05, 4.69) is 15.9 Å². The van der Waals surface area contributed by atoms with Crippen molar-refractivity contribution in [2.24, 2.45) is 0 Å². The first kappa shape index (κ1) is 14.7. The number of nitrogens with zero attached hydrogens (tertiary/aromatic N) is 1. The van der Waals surface area contributed by atoms with E-state index in [1.165, 1.54) is 11.8 Å². The van der Waals surface area contributed by atoms with Crippen LogP contribution in [0.3, 0.4) is 0 Å². The van der Waals surface area contributed by atoms with Crippen molar-refractivity contribution < 1.29 is 9.53 Å². The SMILES string of the molecule is CC1CN(C(=O)CSc2ccc(Br)cc2N)CCO1. The van der Waals surface area contributed by atoms with Crippen LogP contribution in [0.5, 0.6) is 0 Å². The first-order valence-electron chi connectivity index (χ1n) is 6.13. The van der Waals surface area contributed by atoms with Crippen LogP contribution in [0.15, 0.2) is 27.6 Å². The molecule has 0 aliphatic carbocycles. The smallest absolute Gasteiger partial charge is 0.233 e. The van der Waals surface area contributed by atoms with Crippen LogP contribution in [-0.4, -0.2) is 42.4 Å². The number of benzene rings is 1. The van der Waals surface area contributed by atoms with E-state index in [0.29, 0.717) is 31.1 Å². The highest BCUT2D eigenvalue weighted by atomic mass is 79.9. The molecule has 1 fully saturated rings. The number of amides is 1. The number of carbonyl (C=O) groups is 1. The molecule has 4 nitrogen and oxygen atoms in total. The predicted octanol–water partition coefficient (Wildman–Crippen LogP) is 2.37. The fraction of sp³-hybridized carbons (Fsp3) is 0.462. The summed E-state index contributed by atoms with van der Waals surface area (Å²) in [6, 6.07) is 5.71. The molecule has 0 bridgehead atoms. The first-order valence-corrected chi connectivity index (χ1v) is 7.91. The van der Waals surface area contributed by atoms with Gasteiger partial charge in [-0.05, 0) is 25.1 Å². The molecule has 2 N–H and O–H groups in total. The molecule has 1 unspecified atom stereocenters. The lowest BCUT2D eigenvalue weighted by Gasteiger charge is -2.31. The number of halogens is 1. The summed E-state index contributed by atoms with van der Waals surface area (Å²) in [4.78, 5) is 14.9. The molecule has 1 amide bonds. The molecule has 2 rings (SSSR count). The van der Waals surface area contributed by atoms with Crippen LogP contribution in [0.2, 0.25) is 0 Å². The number of hydrogen-bond acceptors (Lipinski definition) is 4. The van der Waals surface area contributed by atoms with E-state index < -0.39 is 0 Å². The molecule has 104 valence electrons. The number of ether oxygens (including phenoxy) is 1. The second-order valence-corrected chi connectivity index (χ2v) is 6.42. The number of morpholine rings is 1. The Hall–Kier alpha value is -0.720. The summed E-state index contributed by atoms with van der Waals surface area (Å²) in [5, 5.41) is 0. The molecule has 0 radical (unpaired) electrons. The summed E-state index contributed by atoms with van der Waals surface area (Å²) in [6.07, 6.45) is 0.125. The van der Waals surface area contributed by atoms with Gasteiger partial charge in [0.15, 0.2) is 0 Å². The Balaban J connectivity index is 1.89. The van der Waals surface area contributed by atoms with Gasteiger partial charge in [0.1, 0.15) is 0 Å². The van der Waals surface area contributed by atoms with Crippen molar-refractivity contribution in [3.63, 3.8) is 0 Å². The molecular weight excluding hydrogens is 328 g/mol. The minimum Gasteiger partial charge on any atom is -0.398 e. The molecule has 1 saturated heterocycles. The summed E-state index contributed by atoms with van der Waals surface area (Å²) in [6.45, 7) is 3.96. The van der Waals surface area contributed by atoms with Crippen LogP contribution in [0, 0.1) is 0 Å². The molecule has 6 heteroatoms. The highest BCUT2D eigenvalue weighted by Crippen LogP contribution is 2.28. The van der Waals surface area contributed by atoms with E-state index in [1.807, 2.05) is 30.0 Å². The summed E-state index contributed by atoms with van der Waals surface area (Å²) >= 11 is 4.85. The van der Waals surface area contributed by atoms with Crippen molar-refractivity contribution >= 4 is 39.3 Å². The van der Waals surface area contributed by atoms with Crippen molar-refractivity contribution in [1.29, 1.82) is 0 Å². The summed E-state index contributed by atoms with van der Waals surface area (Å²) in [7, 11) is 0. The Kier molecular flexibility index (Phi) is 5.13. The standard InChI is InChI=1S/C13H17BrN2O2S/c1-9-7-16(4-5-18-9)13(17)8-19-12-3-2-10(14)6-11(12)15/h2-3,6,9H,4-5,7-8,15H2,1H3. The molecule has 0 aromatic heterocycles. The van der Waals surface area contributed by atoms with E-state index in [9.17, 15) is 4.79 Å². The van der Waals surface area contributed by atoms with Gasteiger partial charge < -0.3 is 15.4 Å². The van der Waals surface area contributed by atoms with E-state index in [4.69, 9.17) is 10.5 Å². The van der Waals surface area contributed by atoms with Crippen molar-refractivity contribution in [2.75, 3.05) is 31.2 Å². The van der Waals surface area contributed by atoms with Gasteiger partial charge in [0.2, 0.25) is 5.91 Å². The number of nitrogen functional groups attached to an aromatic ring is 1. The van der Waals surface area contributed by atoms with Gasteiger partial charge in [0.25, 0.3) is 0 Å². The van der Waals surface area contributed by atoms with E-state index in [1.54, 1.807) is 0 Å². The zero-order chi connectivity index (χ0) is 13.8. The predicted molar refractivity (Wildman–Crippen MR) is 81.3 cm³/mol. The second kappa shape index (κ2) is 6.63. The Morgan fingerprint density at radius 3 is 3.11 bits per heavy atom. The Morgan fingerprint density at radius 2 is 2.42 bits per heavy atom. The molecule has 1 aliphatic rings. The minimum atomic E-state index is 0.125. The van der Waals surface area contributed by atoms with Gasteiger partial charge in [-0.3, -0.25) is 4.79 Å². The van der Waals surface area contributed by atoms with Gasteiger partial charge in [-0.15, -0.1) is 11.8 Å². The third-order valence-corrected chi connectivity index (χ3v) is 4.48.